The highest BCUT2D eigenvalue weighted by Crippen LogP contribution is 2.34. The standard InChI is InChI=1S/C19H16ClF3N4OS/c1-11-5-3-4-6-16(11)27-12(2)25-26-18(27)29-10-17(28)24-15-9-13(19(21,22)23)7-8-14(15)20/h3-9H,10H2,1-2H3,(H,24,28). The number of halogens is 4. The van der Waals surface area contributed by atoms with Crippen LogP contribution in [0.3, 0.4) is 0 Å². The smallest absolute Gasteiger partial charge is 0.324 e. The van der Waals surface area contributed by atoms with Crippen molar-refractivity contribution in [2.24, 2.45) is 0 Å². The molecule has 0 radical (unpaired) electrons. The maximum atomic E-state index is 12.9. The van der Waals surface area contributed by atoms with Gasteiger partial charge in [-0.1, -0.05) is 41.6 Å². The number of nitrogens with one attached hydrogen (secondary N) is 1. The SMILES string of the molecule is Cc1ccccc1-n1c(C)nnc1SCC(=O)Nc1cc(C(F)(F)F)ccc1Cl. The van der Waals surface area contributed by atoms with Gasteiger partial charge in [-0.15, -0.1) is 10.2 Å². The minimum Gasteiger partial charge on any atom is -0.324 e. The molecule has 0 saturated heterocycles. The van der Waals surface area contributed by atoms with Crippen molar-refractivity contribution in [1.29, 1.82) is 0 Å². The van der Waals surface area contributed by atoms with Gasteiger partial charge in [0.25, 0.3) is 0 Å². The van der Waals surface area contributed by atoms with Gasteiger partial charge in [0.05, 0.1) is 27.7 Å². The lowest BCUT2D eigenvalue weighted by atomic mass is 10.2. The molecule has 10 heteroatoms. The Balaban J connectivity index is 1.74. The number of nitrogens with zero attached hydrogens (tertiary/aromatic N) is 3. The summed E-state index contributed by atoms with van der Waals surface area (Å²) in [6, 6.07) is 10.4. The Morgan fingerprint density at radius 1 is 1.17 bits per heavy atom. The molecule has 0 atom stereocenters. The third kappa shape index (κ3) is 4.91. The molecule has 0 spiro atoms. The molecule has 152 valence electrons. The quantitative estimate of drug-likeness (QED) is 0.548. The number of aromatic nitrogens is 3. The molecular weight excluding hydrogens is 425 g/mol. The van der Waals surface area contributed by atoms with Crippen molar-refractivity contribution in [3.63, 3.8) is 0 Å². The second-order valence-electron chi connectivity index (χ2n) is 6.18. The van der Waals surface area contributed by atoms with Crippen LogP contribution in [0.25, 0.3) is 5.69 Å². The van der Waals surface area contributed by atoms with Crippen LogP contribution in [0.4, 0.5) is 18.9 Å². The average Bonchev–Trinajstić information content (AvgIpc) is 3.02. The molecule has 1 N–H and O–H groups in total. The number of para-hydroxylation sites is 1. The van der Waals surface area contributed by atoms with Gasteiger partial charge >= 0.3 is 6.18 Å². The van der Waals surface area contributed by atoms with Crippen molar-refractivity contribution in [2.45, 2.75) is 25.2 Å². The summed E-state index contributed by atoms with van der Waals surface area (Å²) in [4.78, 5) is 12.3. The van der Waals surface area contributed by atoms with Gasteiger partial charge in [-0.25, -0.2) is 0 Å². The van der Waals surface area contributed by atoms with E-state index in [0.29, 0.717) is 11.0 Å². The molecule has 1 amide bonds. The zero-order valence-electron chi connectivity index (χ0n) is 15.4. The summed E-state index contributed by atoms with van der Waals surface area (Å²) in [7, 11) is 0. The van der Waals surface area contributed by atoms with Crippen molar-refractivity contribution in [3.05, 3.63) is 64.4 Å². The first-order valence-corrected chi connectivity index (χ1v) is 9.80. The summed E-state index contributed by atoms with van der Waals surface area (Å²) < 4.78 is 40.4. The summed E-state index contributed by atoms with van der Waals surface area (Å²) in [5.41, 5.74) is 0.916. The summed E-state index contributed by atoms with van der Waals surface area (Å²) in [6.07, 6.45) is -4.53. The first-order chi connectivity index (χ1) is 13.7. The lowest BCUT2D eigenvalue weighted by molar-refractivity contribution is -0.137. The Morgan fingerprint density at radius 2 is 1.90 bits per heavy atom. The minimum absolute atomic E-state index is 0.0234. The van der Waals surface area contributed by atoms with Gasteiger partial charge in [-0.3, -0.25) is 9.36 Å². The highest BCUT2D eigenvalue weighted by atomic mass is 35.5. The maximum absolute atomic E-state index is 12.9. The molecule has 0 bridgehead atoms. The molecule has 5 nitrogen and oxygen atoms in total. The van der Waals surface area contributed by atoms with Crippen molar-refractivity contribution in [3.8, 4) is 5.69 Å². The van der Waals surface area contributed by atoms with Gasteiger partial charge in [0, 0.05) is 0 Å². The molecular formula is C19H16ClF3N4OS. The second kappa shape index (κ2) is 8.46. The Kier molecular flexibility index (Phi) is 6.18. The van der Waals surface area contributed by atoms with E-state index in [1.165, 1.54) is 0 Å². The number of alkyl halides is 3. The average molecular weight is 441 g/mol. The fraction of sp³-hybridized carbons (Fsp3) is 0.211. The third-order valence-corrected chi connectivity index (χ3v) is 5.31. The number of benzene rings is 2. The Labute approximate surface area is 174 Å². The van der Waals surface area contributed by atoms with Gasteiger partial charge in [0.15, 0.2) is 5.16 Å². The van der Waals surface area contributed by atoms with Crippen molar-refractivity contribution >= 4 is 35.0 Å². The number of carbonyl (C=O) groups is 1. The van der Waals surface area contributed by atoms with Crippen LogP contribution in [-0.4, -0.2) is 26.4 Å². The fourth-order valence-electron chi connectivity index (χ4n) is 2.64. The zero-order valence-corrected chi connectivity index (χ0v) is 17.0. The van der Waals surface area contributed by atoms with Crippen LogP contribution in [0.5, 0.6) is 0 Å². The van der Waals surface area contributed by atoms with E-state index < -0.39 is 17.6 Å². The van der Waals surface area contributed by atoms with E-state index in [2.05, 4.69) is 15.5 Å². The van der Waals surface area contributed by atoms with Crippen LogP contribution in [-0.2, 0) is 11.0 Å². The zero-order chi connectivity index (χ0) is 21.2. The molecule has 0 aliphatic rings. The third-order valence-electron chi connectivity index (χ3n) is 4.05. The first-order valence-electron chi connectivity index (χ1n) is 8.44. The topological polar surface area (TPSA) is 59.8 Å². The molecule has 0 aliphatic heterocycles. The van der Waals surface area contributed by atoms with E-state index in [1.54, 1.807) is 6.92 Å². The minimum atomic E-state index is -4.53. The van der Waals surface area contributed by atoms with Crippen LogP contribution in [0.2, 0.25) is 5.02 Å². The van der Waals surface area contributed by atoms with Gasteiger partial charge in [0.2, 0.25) is 5.91 Å². The molecule has 3 aromatic rings. The van der Waals surface area contributed by atoms with Gasteiger partial charge in [0.1, 0.15) is 5.82 Å². The Hall–Kier alpha value is -2.52. The number of thioether (sulfide) groups is 1. The monoisotopic (exact) mass is 440 g/mol. The normalized spacial score (nSPS) is 11.5. The predicted octanol–water partition coefficient (Wildman–Crippen LogP) is 5.29. The molecule has 2 aromatic carbocycles. The van der Waals surface area contributed by atoms with Crippen molar-refractivity contribution in [2.75, 3.05) is 11.1 Å². The molecule has 0 aliphatic carbocycles. The number of rotatable bonds is 5. The van der Waals surface area contributed by atoms with E-state index in [1.807, 2.05) is 35.8 Å². The van der Waals surface area contributed by atoms with Crippen molar-refractivity contribution in [1.82, 2.24) is 14.8 Å². The Bertz CT molecular complexity index is 1050. The number of amides is 1. The Morgan fingerprint density at radius 3 is 2.59 bits per heavy atom. The van der Waals surface area contributed by atoms with Crippen LogP contribution in [0.15, 0.2) is 47.6 Å². The van der Waals surface area contributed by atoms with Gasteiger partial charge in [-0.05, 0) is 43.7 Å². The van der Waals surface area contributed by atoms with E-state index >= 15 is 0 Å². The number of anilines is 1. The summed E-state index contributed by atoms with van der Waals surface area (Å²) in [5.74, 6) is 0.0766. The number of aryl methyl sites for hydroxylation is 2. The number of hydrogen-bond acceptors (Lipinski definition) is 4. The molecule has 0 saturated carbocycles. The second-order valence-corrected chi connectivity index (χ2v) is 7.53. The van der Waals surface area contributed by atoms with Crippen molar-refractivity contribution < 1.29 is 18.0 Å². The van der Waals surface area contributed by atoms with Gasteiger partial charge < -0.3 is 5.32 Å². The highest BCUT2D eigenvalue weighted by molar-refractivity contribution is 7.99. The first kappa shape index (κ1) is 21.2. The molecule has 3 rings (SSSR count). The maximum Gasteiger partial charge on any atom is 0.416 e. The van der Waals surface area contributed by atoms with Crippen LogP contribution in [0.1, 0.15) is 17.0 Å². The summed E-state index contributed by atoms with van der Waals surface area (Å²) in [6.45, 7) is 3.75. The predicted molar refractivity (Wildman–Crippen MR) is 107 cm³/mol. The van der Waals surface area contributed by atoms with Crippen LogP contribution in [0, 0.1) is 13.8 Å². The van der Waals surface area contributed by atoms with E-state index in [0.717, 1.165) is 41.2 Å². The van der Waals surface area contributed by atoms with E-state index in [4.69, 9.17) is 11.6 Å². The number of carbonyl (C=O) groups excluding carboxylic acids is 1. The molecule has 1 heterocycles. The lowest BCUT2D eigenvalue weighted by Gasteiger charge is -2.12. The molecule has 0 unspecified atom stereocenters. The largest absolute Gasteiger partial charge is 0.416 e. The molecule has 0 fully saturated rings. The summed E-state index contributed by atoms with van der Waals surface area (Å²) in [5, 5.41) is 11.1. The van der Waals surface area contributed by atoms with Gasteiger partial charge in [-0.2, -0.15) is 13.2 Å². The number of hydrogen-bond donors (Lipinski definition) is 1. The summed E-state index contributed by atoms with van der Waals surface area (Å²) >= 11 is 7.04. The lowest BCUT2D eigenvalue weighted by Crippen LogP contribution is -2.16. The molecule has 1 aromatic heterocycles. The fourth-order valence-corrected chi connectivity index (χ4v) is 3.60. The van der Waals surface area contributed by atoms with Crippen LogP contribution < -0.4 is 5.32 Å². The molecule has 29 heavy (non-hydrogen) atoms. The highest BCUT2D eigenvalue weighted by Gasteiger charge is 2.31. The van der Waals surface area contributed by atoms with E-state index in [-0.39, 0.29) is 16.5 Å². The van der Waals surface area contributed by atoms with Crippen LogP contribution >= 0.6 is 23.4 Å². The van der Waals surface area contributed by atoms with E-state index in [9.17, 15) is 18.0 Å².